The molecule has 1 aliphatic rings. The Morgan fingerprint density at radius 3 is 2.88 bits per heavy atom. The Kier molecular flexibility index (Phi) is 3.93. The van der Waals surface area contributed by atoms with Crippen molar-refractivity contribution < 1.29 is 4.42 Å². The summed E-state index contributed by atoms with van der Waals surface area (Å²) in [6.07, 6.45) is 8.38. The molecule has 0 amide bonds. The van der Waals surface area contributed by atoms with E-state index in [2.05, 4.69) is 32.2 Å². The minimum Gasteiger partial charge on any atom is -0.468 e. The molecule has 1 fully saturated rings. The summed E-state index contributed by atoms with van der Waals surface area (Å²) < 4.78 is 5.45. The zero-order chi connectivity index (χ0) is 12.3. The molecule has 0 saturated heterocycles. The highest BCUT2D eigenvalue weighted by Crippen LogP contribution is 2.34. The number of hydrogen-bond acceptors (Lipinski definition) is 2. The molecule has 1 N–H and O–H groups in total. The Bertz CT molecular complexity index is 329. The van der Waals surface area contributed by atoms with E-state index in [-0.39, 0.29) is 0 Å². The molecule has 0 aliphatic heterocycles. The first-order valence-electron chi connectivity index (χ1n) is 6.86. The van der Waals surface area contributed by atoms with Crippen molar-refractivity contribution in [2.75, 3.05) is 0 Å². The van der Waals surface area contributed by atoms with Gasteiger partial charge in [-0.25, -0.2) is 0 Å². The van der Waals surface area contributed by atoms with Gasteiger partial charge in [-0.3, -0.25) is 0 Å². The average Bonchev–Trinajstić information content (AvgIpc) is 2.73. The van der Waals surface area contributed by atoms with Crippen LogP contribution in [0, 0.1) is 5.41 Å². The van der Waals surface area contributed by atoms with Gasteiger partial charge in [-0.2, -0.15) is 0 Å². The molecule has 1 heterocycles. The Labute approximate surface area is 105 Å². The minimum absolute atomic E-state index is 0.330. The van der Waals surface area contributed by atoms with E-state index in [1.54, 1.807) is 6.26 Å². The highest BCUT2D eigenvalue weighted by Gasteiger charge is 2.25. The van der Waals surface area contributed by atoms with Gasteiger partial charge in [0.2, 0.25) is 0 Å². The van der Waals surface area contributed by atoms with Crippen LogP contribution in [0.25, 0.3) is 0 Å². The highest BCUT2D eigenvalue weighted by atomic mass is 16.3. The Morgan fingerprint density at radius 1 is 1.35 bits per heavy atom. The second kappa shape index (κ2) is 5.26. The van der Waals surface area contributed by atoms with E-state index < -0.39 is 0 Å². The van der Waals surface area contributed by atoms with Gasteiger partial charge in [0.1, 0.15) is 5.76 Å². The summed E-state index contributed by atoms with van der Waals surface area (Å²) >= 11 is 0. The van der Waals surface area contributed by atoms with Gasteiger partial charge in [0, 0.05) is 6.04 Å². The van der Waals surface area contributed by atoms with Gasteiger partial charge < -0.3 is 9.73 Å². The topological polar surface area (TPSA) is 25.2 Å². The lowest BCUT2D eigenvalue weighted by Crippen LogP contribution is -2.31. The van der Waals surface area contributed by atoms with E-state index in [0.29, 0.717) is 17.5 Å². The second-order valence-corrected chi connectivity index (χ2v) is 6.20. The van der Waals surface area contributed by atoms with Gasteiger partial charge in [-0.1, -0.05) is 20.3 Å². The van der Waals surface area contributed by atoms with Crippen LogP contribution in [0.1, 0.15) is 64.7 Å². The van der Waals surface area contributed by atoms with Crippen LogP contribution in [0.5, 0.6) is 0 Å². The number of rotatable bonds is 3. The smallest absolute Gasteiger partial charge is 0.120 e. The van der Waals surface area contributed by atoms with Crippen molar-refractivity contribution in [3.05, 3.63) is 24.2 Å². The quantitative estimate of drug-likeness (QED) is 0.791. The van der Waals surface area contributed by atoms with Crippen molar-refractivity contribution in [3.8, 4) is 0 Å². The van der Waals surface area contributed by atoms with E-state index in [4.69, 9.17) is 4.42 Å². The molecular weight excluding hydrogens is 210 g/mol. The molecule has 1 aliphatic carbocycles. The zero-order valence-corrected chi connectivity index (χ0v) is 11.3. The van der Waals surface area contributed by atoms with Crippen LogP contribution in [0.3, 0.4) is 0 Å². The van der Waals surface area contributed by atoms with Gasteiger partial charge >= 0.3 is 0 Å². The monoisotopic (exact) mass is 235 g/mol. The molecule has 2 atom stereocenters. The molecule has 2 heteroatoms. The van der Waals surface area contributed by atoms with Gasteiger partial charge in [-0.05, 0) is 50.2 Å². The Morgan fingerprint density at radius 2 is 2.18 bits per heavy atom. The molecule has 0 spiro atoms. The van der Waals surface area contributed by atoms with Crippen molar-refractivity contribution in [1.29, 1.82) is 0 Å². The van der Waals surface area contributed by atoms with Gasteiger partial charge in [0.05, 0.1) is 12.3 Å². The predicted octanol–water partition coefficient (Wildman–Crippen LogP) is 4.29. The molecule has 2 rings (SSSR count). The zero-order valence-electron chi connectivity index (χ0n) is 11.3. The molecule has 1 unspecified atom stereocenters. The van der Waals surface area contributed by atoms with Gasteiger partial charge in [0.15, 0.2) is 0 Å². The predicted molar refractivity (Wildman–Crippen MR) is 70.9 cm³/mol. The fraction of sp³-hybridized carbons (Fsp3) is 0.733. The average molecular weight is 235 g/mol. The van der Waals surface area contributed by atoms with Crippen LogP contribution < -0.4 is 5.32 Å². The first-order chi connectivity index (χ1) is 8.07. The minimum atomic E-state index is 0.330. The maximum absolute atomic E-state index is 5.45. The molecule has 2 nitrogen and oxygen atoms in total. The highest BCUT2D eigenvalue weighted by molar-refractivity contribution is 5.03. The molecule has 0 aromatic carbocycles. The van der Waals surface area contributed by atoms with Crippen LogP contribution in [-0.4, -0.2) is 6.04 Å². The van der Waals surface area contributed by atoms with E-state index in [9.17, 15) is 0 Å². The fourth-order valence-electron chi connectivity index (χ4n) is 2.80. The normalized spacial score (nSPS) is 26.4. The number of nitrogens with one attached hydrogen (secondary N) is 1. The van der Waals surface area contributed by atoms with Crippen LogP contribution in [-0.2, 0) is 0 Å². The molecule has 96 valence electrons. The summed E-state index contributed by atoms with van der Waals surface area (Å²) in [5, 5.41) is 3.71. The van der Waals surface area contributed by atoms with E-state index >= 15 is 0 Å². The van der Waals surface area contributed by atoms with Crippen LogP contribution >= 0.6 is 0 Å². The third kappa shape index (κ3) is 3.60. The fourth-order valence-corrected chi connectivity index (χ4v) is 2.80. The summed E-state index contributed by atoms with van der Waals surface area (Å²) in [7, 11) is 0. The van der Waals surface area contributed by atoms with Gasteiger partial charge in [-0.15, -0.1) is 0 Å². The molecule has 0 bridgehead atoms. The summed E-state index contributed by atoms with van der Waals surface area (Å²) in [6, 6.07) is 5.00. The van der Waals surface area contributed by atoms with Gasteiger partial charge in [0.25, 0.3) is 0 Å². The maximum Gasteiger partial charge on any atom is 0.120 e. The summed E-state index contributed by atoms with van der Waals surface area (Å²) in [5.41, 5.74) is 0.532. The molecule has 1 aromatic heterocycles. The van der Waals surface area contributed by atoms with Crippen molar-refractivity contribution in [3.63, 3.8) is 0 Å². The standard InChI is InChI=1S/C15H25NO/c1-12(14-7-5-11-17-14)16-13-6-4-9-15(2,3)10-8-13/h5,7,11-13,16H,4,6,8-10H2,1-3H3/t12-,13?/m1/s1. The van der Waals surface area contributed by atoms with E-state index in [1.807, 2.05) is 6.07 Å². The lowest BCUT2D eigenvalue weighted by atomic mass is 9.85. The number of furan rings is 1. The molecule has 17 heavy (non-hydrogen) atoms. The lowest BCUT2D eigenvalue weighted by molar-refractivity contribution is 0.305. The summed E-state index contributed by atoms with van der Waals surface area (Å²) in [6.45, 7) is 6.98. The van der Waals surface area contributed by atoms with Crippen LogP contribution in [0.4, 0.5) is 0 Å². The summed E-state index contributed by atoms with van der Waals surface area (Å²) in [4.78, 5) is 0. The second-order valence-electron chi connectivity index (χ2n) is 6.20. The van der Waals surface area contributed by atoms with Crippen LogP contribution in [0.15, 0.2) is 22.8 Å². The SMILES string of the molecule is C[C@@H](NC1CCCC(C)(C)CC1)c1ccco1. The third-order valence-electron chi connectivity index (χ3n) is 4.03. The van der Waals surface area contributed by atoms with Crippen LogP contribution in [0.2, 0.25) is 0 Å². The largest absolute Gasteiger partial charge is 0.468 e. The van der Waals surface area contributed by atoms with Crippen molar-refractivity contribution in [1.82, 2.24) is 5.32 Å². The Balaban J connectivity index is 1.87. The first kappa shape index (κ1) is 12.7. The van der Waals surface area contributed by atoms with E-state index in [1.165, 1.54) is 32.1 Å². The molecule has 1 saturated carbocycles. The first-order valence-corrected chi connectivity index (χ1v) is 6.86. The molecular formula is C15H25NO. The van der Waals surface area contributed by atoms with Crippen molar-refractivity contribution in [2.24, 2.45) is 5.41 Å². The molecule has 1 aromatic rings. The van der Waals surface area contributed by atoms with E-state index in [0.717, 1.165) is 5.76 Å². The third-order valence-corrected chi connectivity index (χ3v) is 4.03. The summed E-state index contributed by atoms with van der Waals surface area (Å²) in [5.74, 6) is 1.05. The number of hydrogen-bond donors (Lipinski definition) is 1. The van der Waals surface area contributed by atoms with Crippen molar-refractivity contribution in [2.45, 2.75) is 65.0 Å². The maximum atomic E-state index is 5.45. The lowest BCUT2D eigenvalue weighted by Gasteiger charge is -2.23. The molecule has 0 radical (unpaired) electrons. The van der Waals surface area contributed by atoms with Crippen molar-refractivity contribution >= 4 is 0 Å². The Hall–Kier alpha value is -0.760.